The number of amides is 1. The molecular weight excluding hydrogens is 240 g/mol. The van der Waals surface area contributed by atoms with E-state index >= 15 is 0 Å². The molecule has 7 heteroatoms. The lowest BCUT2D eigenvalue weighted by molar-refractivity contribution is 0.131. The smallest absolute Gasteiger partial charge is 0.407 e. The first kappa shape index (κ1) is 8.49. The van der Waals surface area contributed by atoms with Crippen LogP contribution in [0.1, 0.15) is 5.82 Å². The van der Waals surface area contributed by atoms with Crippen LogP contribution in [0.25, 0.3) is 0 Å². The molecule has 0 spiro atoms. The number of hydrogen-bond acceptors (Lipinski definition) is 3. The second-order valence-electron chi connectivity index (χ2n) is 2.74. The molecule has 0 saturated carbocycles. The molecular formula is C6H7BrN4O2. The Bertz CT molecular complexity index is 350. The Morgan fingerprint density at radius 1 is 1.46 bits per heavy atom. The number of fused-ring (bicyclic) bond motifs is 1. The van der Waals surface area contributed by atoms with Crippen molar-refractivity contribution < 1.29 is 9.90 Å². The summed E-state index contributed by atoms with van der Waals surface area (Å²) in [6, 6.07) is 0. The zero-order valence-electron chi connectivity index (χ0n) is 6.64. The van der Waals surface area contributed by atoms with E-state index in [1.165, 1.54) is 4.90 Å². The highest BCUT2D eigenvalue weighted by molar-refractivity contribution is 9.10. The Hall–Kier alpha value is -1.11. The maximum Gasteiger partial charge on any atom is 0.407 e. The number of nitrogens with zero attached hydrogens (tertiary/aromatic N) is 4. The molecule has 1 aromatic heterocycles. The number of carbonyl (C=O) groups is 1. The lowest BCUT2D eigenvalue weighted by Crippen LogP contribution is -2.37. The SMILES string of the molecule is O=C(O)N1CCn2c(Br)nnc2C1. The minimum absolute atomic E-state index is 0.313. The van der Waals surface area contributed by atoms with E-state index in [1.807, 2.05) is 4.57 Å². The van der Waals surface area contributed by atoms with Gasteiger partial charge in [-0.1, -0.05) is 0 Å². The molecule has 1 aromatic rings. The van der Waals surface area contributed by atoms with E-state index in [0.717, 1.165) is 0 Å². The number of aromatic nitrogens is 3. The molecule has 6 nitrogen and oxygen atoms in total. The van der Waals surface area contributed by atoms with Gasteiger partial charge in [0.15, 0.2) is 10.6 Å². The fourth-order valence-corrected chi connectivity index (χ4v) is 1.75. The van der Waals surface area contributed by atoms with Crippen molar-refractivity contribution in [1.29, 1.82) is 0 Å². The third kappa shape index (κ3) is 1.39. The fraction of sp³-hybridized carbons (Fsp3) is 0.500. The van der Waals surface area contributed by atoms with Crippen molar-refractivity contribution in [2.75, 3.05) is 6.54 Å². The van der Waals surface area contributed by atoms with Gasteiger partial charge in [-0.15, -0.1) is 10.2 Å². The zero-order chi connectivity index (χ0) is 9.42. The Morgan fingerprint density at radius 2 is 2.23 bits per heavy atom. The van der Waals surface area contributed by atoms with Crippen molar-refractivity contribution >= 4 is 22.0 Å². The molecule has 13 heavy (non-hydrogen) atoms. The monoisotopic (exact) mass is 246 g/mol. The summed E-state index contributed by atoms with van der Waals surface area (Å²) in [5.41, 5.74) is 0. The van der Waals surface area contributed by atoms with Gasteiger partial charge in [0.1, 0.15) is 0 Å². The van der Waals surface area contributed by atoms with Crippen molar-refractivity contribution in [1.82, 2.24) is 19.7 Å². The summed E-state index contributed by atoms with van der Waals surface area (Å²) in [6.45, 7) is 1.40. The summed E-state index contributed by atoms with van der Waals surface area (Å²) in [5, 5.41) is 16.4. The molecule has 0 aromatic carbocycles. The minimum atomic E-state index is -0.912. The quantitative estimate of drug-likeness (QED) is 0.726. The van der Waals surface area contributed by atoms with E-state index in [2.05, 4.69) is 26.1 Å². The van der Waals surface area contributed by atoms with Crippen LogP contribution in [0.2, 0.25) is 0 Å². The normalized spacial score (nSPS) is 15.6. The summed E-state index contributed by atoms with van der Waals surface area (Å²) >= 11 is 3.23. The van der Waals surface area contributed by atoms with Gasteiger partial charge < -0.3 is 9.67 Å². The van der Waals surface area contributed by atoms with Crippen LogP contribution in [-0.2, 0) is 13.1 Å². The molecule has 70 valence electrons. The van der Waals surface area contributed by atoms with Crippen molar-refractivity contribution in [2.24, 2.45) is 0 Å². The highest BCUT2D eigenvalue weighted by Gasteiger charge is 2.22. The Kier molecular flexibility index (Phi) is 1.95. The Morgan fingerprint density at radius 3 is 2.92 bits per heavy atom. The topological polar surface area (TPSA) is 71.2 Å². The van der Waals surface area contributed by atoms with Crippen LogP contribution in [0.5, 0.6) is 0 Å². The molecule has 0 radical (unpaired) electrons. The maximum absolute atomic E-state index is 10.6. The van der Waals surface area contributed by atoms with E-state index in [1.54, 1.807) is 0 Å². The van der Waals surface area contributed by atoms with Gasteiger partial charge in [-0.3, -0.25) is 4.90 Å². The van der Waals surface area contributed by atoms with Gasteiger partial charge in [-0.25, -0.2) is 4.79 Å². The van der Waals surface area contributed by atoms with Gasteiger partial charge >= 0.3 is 6.09 Å². The predicted octanol–water partition coefficient (Wildman–Crippen LogP) is 0.534. The first-order valence-corrected chi connectivity index (χ1v) is 4.53. The molecule has 2 rings (SSSR count). The third-order valence-corrected chi connectivity index (χ3v) is 2.57. The van der Waals surface area contributed by atoms with E-state index in [0.29, 0.717) is 30.2 Å². The second kappa shape index (κ2) is 2.99. The van der Waals surface area contributed by atoms with Crippen molar-refractivity contribution in [3.63, 3.8) is 0 Å². The summed E-state index contributed by atoms with van der Waals surface area (Å²) in [4.78, 5) is 11.9. The van der Waals surface area contributed by atoms with E-state index in [9.17, 15) is 4.79 Å². The van der Waals surface area contributed by atoms with Gasteiger partial charge in [0.25, 0.3) is 0 Å². The van der Waals surface area contributed by atoms with Gasteiger partial charge in [0.2, 0.25) is 0 Å². The molecule has 1 amide bonds. The van der Waals surface area contributed by atoms with Crippen LogP contribution in [0.4, 0.5) is 4.79 Å². The molecule has 2 heterocycles. The highest BCUT2D eigenvalue weighted by atomic mass is 79.9. The summed E-state index contributed by atoms with van der Waals surface area (Å²) < 4.78 is 2.52. The average molecular weight is 247 g/mol. The van der Waals surface area contributed by atoms with Gasteiger partial charge in [-0.2, -0.15) is 0 Å². The number of halogens is 1. The summed E-state index contributed by atoms with van der Waals surface area (Å²) in [5.74, 6) is 0.681. The Balaban J connectivity index is 2.25. The first-order chi connectivity index (χ1) is 6.18. The van der Waals surface area contributed by atoms with Gasteiger partial charge in [-0.05, 0) is 15.9 Å². The molecule has 1 aliphatic heterocycles. The van der Waals surface area contributed by atoms with E-state index < -0.39 is 6.09 Å². The molecule has 0 unspecified atom stereocenters. The zero-order valence-corrected chi connectivity index (χ0v) is 8.23. The first-order valence-electron chi connectivity index (χ1n) is 3.74. The molecule has 1 N–H and O–H groups in total. The summed E-state index contributed by atoms with van der Waals surface area (Å²) in [6.07, 6.45) is -0.912. The highest BCUT2D eigenvalue weighted by Crippen LogP contribution is 2.15. The molecule has 0 saturated heterocycles. The number of hydrogen-bond donors (Lipinski definition) is 1. The molecule has 1 aliphatic rings. The van der Waals surface area contributed by atoms with E-state index in [-0.39, 0.29) is 0 Å². The van der Waals surface area contributed by atoms with Crippen LogP contribution in [0.3, 0.4) is 0 Å². The second-order valence-corrected chi connectivity index (χ2v) is 3.45. The minimum Gasteiger partial charge on any atom is -0.465 e. The van der Waals surface area contributed by atoms with Crippen LogP contribution < -0.4 is 0 Å². The number of rotatable bonds is 0. The van der Waals surface area contributed by atoms with Crippen molar-refractivity contribution in [3.8, 4) is 0 Å². The van der Waals surface area contributed by atoms with Crippen LogP contribution >= 0.6 is 15.9 Å². The van der Waals surface area contributed by atoms with Crippen molar-refractivity contribution in [3.05, 3.63) is 10.6 Å². The van der Waals surface area contributed by atoms with Gasteiger partial charge in [0, 0.05) is 13.1 Å². The summed E-state index contributed by atoms with van der Waals surface area (Å²) in [7, 11) is 0. The maximum atomic E-state index is 10.6. The average Bonchev–Trinajstić information content (AvgIpc) is 2.47. The number of carboxylic acid groups (broad SMARTS) is 1. The van der Waals surface area contributed by atoms with Crippen molar-refractivity contribution in [2.45, 2.75) is 13.1 Å². The lowest BCUT2D eigenvalue weighted by atomic mass is 10.4. The van der Waals surface area contributed by atoms with Crippen LogP contribution in [-0.4, -0.2) is 37.4 Å². The Labute approximate surface area is 82.3 Å². The standard InChI is InChI=1S/C6H7BrN4O2/c7-5-9-8-4-3-10(6(12)13)1-2-11(4)5/h1-3H2,(H,12,13). The van der Waals surface area contributed by atoms with Crippen LogP contribution in [0.15, 0.2) is 4.73 Å². The molecule has 0 bridgehead atoms. The van der Waals surface area contributed by atoms with E-state index in [4.69, 9.17) is 5.11 Å². The molecule has 0 fully saturated rings. The third-order valence-electron chi connectivity index (χ3n) is 1.98. The lowest BCUT2D eigenvalue weighted by Gasteiger charge is -2.24. The predicted molar refractivity (Wildman–Crippen MR) is 46.2 cm³/mol. The van der Waals surface area contributed by atoms with Crippen LogP contribution in [0, 0.1) is 0 Å². The largest absolute Gasteiger partial charge is 0.465 e. The molecule has 0 atom stereocenters. The molecule has 0 aliphatic carbocycles. The van der Waals surface area contributed by atoms with Gasteiger partial charge in [0.05, 0.1) is 6.54 Å². The fourth-order valence-electron chi connectivity index (χ4n) is 1.29.